The van der Waals surface area contributed by atoms with Crippen molar-refractivity contribution in [3.63, 3.8) is 0 Å². The van der Waals surface area contributed by atoms with Crippen LogP contribution in [0.25, 0.3) is 11.2 Å². The number of aliphatic hydroxyl groups excluding tert-OH is 2. The maximum absolute atomic E-state index is 13.8. The van der Waals surface area contributed by atoms with Crippen LogP contribution in [0.4, 0.5) is 20.4 Å². The molecule has 2 aromatic heterocycles. The molecule has 0 spiro atoms. The van der Waals surface area contributed by atoms with E-state index in [1.54, 1.807) is 19.1 Å². The number of halogens is 2. The highest BCUT2D eigenvalue weighted by molar-refractivity contribution is 5.79. The molecule has 1 unspecified atom stereocenters. The molecule has 1 aliphatic carbocycles. The highest BCUT2D eigenvalue weighted by Crippen LogP contribution is 2.39. The quantitative estimate of drug-likeness (QED) is 0.321. The second kappa shape index (κ2) is 9.19. The van der Waals surface area contributed by atoms with Gasteiger partial charge in [0.2, 0.25) is 17.8 Å². The molecule has 2 fully saturated rings. The van der Waals surface area contributed by atoms with Gasteiger partial charge in [-0.25, -0.2) is 18.7 Å². The van der Waals surface area contributed by atoms with E-state index in [4.69, 9.17) is 9.47 Å². The van der Waals surface area contributed by atoms with E-state index in [2.05, 4.69) is 20.3 Å². The van der Waals surface area contributed by atoms with Gasteiger partial charge in [0.15, 0.2) is 17.4 Å². The number of nitro groups is 1. The average Bonchev–Trinajstić information content (AvgIpc) is 3.46. The first-order chi connectivity index (χ1) is 17.1. The van der Waals surface area contributed by atoms with Gasteiger partial charge in [0.1, 0.15) is 25.1 Å². The molecule has 2 aliphatic rings. The summed E-state index contributed by atoms with van der Waals surface area (Å²) in [4.78, 5) is 23.2. The molecule has 0 radical (unpaired) electrons. The van der Waals surface area contributed by atoms with Crippen LogP contribution in [0.1, 0.15) is 38.0 Å². The number of nitro benzene ring substituents is 1. The number of aromatic nitrogens is 4. The van der Waals surface area contributed by atoms with Gasteiger partial charge in [-0.1, -0.05) is 0 Å². The number of nitrogens with zero attached hydrogens (tertiary/aromatic N) is 5. The molecule has 0 amide bonds. The molecule has 192 valence electrons. The van der Waals surface area contributed by atoms with E-state index >= 15 is 0 Å². The third-order valence-electron chi connectivity index (χ3n) is 6.43. The number of ether oxygens (including phenoxy) is 2. The van der Waals surface area contributed by atoms with E-state index in [1.807, 2.05) is 0 Å². The summed E-state index contributed by atoms with van der Waals surface area (Å²) in [6, 6.07) is 5.23. The Hall–Kier alpha value is -3.49. The topological polar surface area (TPSA) is 158 Å². The number of non-ortho nitro benzene ring substituents is 1. The molecular weight excluding hydrogens is 482 g/mol. The lowest BCUT2D eigenvalue weighted by Gasteiger charge is -2.21. The van der Waals surface area contributed by atoms with Gasteiger partial charge in [0.25, 0.3) is 5.69 Å². The number of rotatable bonds is 7. The van der Waals surface area contributed by atoms with Crippen LogP contribution in [0.5, 0.6) is 5.88 Å². The Bertz CT molecular complexity index is 1270. The van der Waals surface area contributed by atoms with Gasteiger partial charge in [0.05, 0.1) is 11.0 Å². The molecule has 3 aromatic rings. The van der Waals surface area contributed by atoms with E-state index in [9.17, 15) is 29.1 Å². The minimum atomic E-state index is -2.79. The monoisotopic (exact) mass is 506 g/mol. The SMILES string of the molecule is C[C@H]1O[C@@H](n2c(NC3CCC(F)(F)C3)nc3c(OCc4ccc([N+](=O)[O-])cc4)ncnc32)[C@H](O)[C@@H]1O. The minimum Gasteiger partial charge on any atom is -0.471 e. The largest absolute Gasteiger partial charge is 0.471 e. The highest BCUT2D eigenvalue weighted by Gasteiger charge is 2.44. The zero-order valence-corrected chi connectivity index (χ0v) is 19.1. The van der Waals surface area contributed by atoms with E-state index < -0.39 is 41.4 Å². The van der Waals surface area contributed by atoms with Crippen LogP contribution in [0.3, 0.4) is 0 Å². The molecule has 12 nitrogen and oxygen atoms in total. The molecule has 0 bridgehead atoms. The third-order valence-corrected chi connectivity index (χ3v) is 6.43. The molecule has 5 rings (SSSR count). The summed E-state index contributed by atoms with van der Waals surface area (Å²) >= 11 is 0. The average molecular weight is 506 g/mol. The summed E-state index contributed by atoms with van der Waals surface area (Å²) in [7, 11) is 0. The van der Waals surface area contributed by atoms with E-state index in [-0.39, 0.29) is 54.5 Å². The zero-order chi connectivity index (χ0) is 25.6. The fourth-order valence-electron chi connectivity index (χ4n) is 4.50. The molecule has 1 saturated heterocycles. The van der Waals surface area contributed by atoms with Gasteiger partial charge in [-0.15, -0.1) is 0 Å². The first-order valence-corrected chi connectivity index (χ1v) is 11.4. The molecular formula is C22H24F2N6O6. The summed E-state index contributed by atoms with van der Waals surface area (Å²) in [5.74, 6) is -2.58. The van der Waals surface area contributed by atoms with Gasteiger partial charge in [-0.05, 0) is 31.0 Å². The van der Waals surface area contributed by atoms with Crippen molar-refractivity contribution in [1.29, 1.82) is 0 Å². The number of benzene rings is 1. The minimum absolute atomic E-state index is 0.0207. The number of hydrogen-bond acceptors (Lipinski definition) is 10. The molecule has 1 aromatic carbocycles. The smallest absolute Gasteiger partial charge is 0.269 e. The fourth-order valence-corrected chi connectivity index (χ4v) is 4.50. The van der Waals surface area contributed by atoms with Crippen molar-refractivity contribution in [3.8, 4) is 5.88 Å². The summed E-state index contributed by atoms with van der Waals surface area (Å²) in [5.41, 5.74) is 0.990. The Morgan fingerprint density at radius 1 is 1.28 bits per heavy atom. The number of alkyl halides is 2. The van der Waals surface area contributed by atoms with Crippen molar-refractivity contribution in [2.75, 3.05) is 5.32 Å². The number of aliphatic hydroxyl groups is 2. The van der Waals surface area contributed by atoms with Crippen LogP contribution in [-0.2, 0) is 11.3 Å². The van der Waals surface area contributed by atoms with Crippen LogP contribution in [0, 0.1) is 10.1 Å². The van der Waals surface area contributed by atoms with Gasteiger partial charge in [-0.2, -0.15) is 4.98 Å². The molecule has 3 N–H and O–H groups in total. The first-order valence-electron chi connectivity index (χ1n) is 11.4. The maximum Gasteiger partial charge on any atom is 0.269 e. The lowest BCUT2D eigenvalue weighted by atomic mass is 10.1. The van der Waals surface area contributed by atoms with E-state index in [0.717, 1.165) is 0 Å². The zero-order valence-electron chi connectivity index (χ0n) is 19.1. The predicted octanol–water partition coefficient (Wildman–Crippen LogP) is 2.55. The molecule has 14 heteroatoms. The molecule has 1 aliphatic heterocycles. The van der Waals surface area contributed by atoms with E-state index in [1.165, 1.54) is 23.0 Å². The Kier molecular flexibility index (Phi) is 6.18. The summed E-state index contributed by atoms with van der Waals surface area (Å²) in [6.07, 6.45) is -3.45. The highest BCUT2D eigenvalue weighted by atomic mass is 19.3. The predicted molar refractivity (Wildman–Crippen MR) is 121 cm³/mol. The van der Waals surface area contributed by atoms with Gasteiger partial charge < -0.3 is 25.0 Å². The van der Waals surface area contributed by atoms with Crippen LogP contribution < -0.4 is 10.1 Å². The fraction of sp³-hybridized carbons (Fsp3) is 0.500. The lowest BCUT2D eigenvalue weighted by Crippen LogP contribution is -2.31. The van der Waals surface area contributed by atoms with Gasteiger partial charge in [-0.3, -0.25) is 14.7 Å². The van der Waals surface area contributed by atoms with Crippen molar-refractivity contribution in [1.82, 2.24) is 19.5 Å². The maximum atomic E-state index is 13.8. The normalized spacial score (nSPS) is 27.4. The van der Waals surface area contributed by atoms with Crippen molar-refractivity contribution in [3.05, 3.63) is 46.3 Å². The Morgan fingerprint density at radius 2 is 2.03 bits per heavy atom. The standard InChI is InChI=1S/C22H24F2N6O6/c1-11-16(31)17(32)20(36-11)29-18-15(28-21(29)27-13-6-7-22(23,24)8-13)19(26-10-25-18)35-9-12-2-4-14(5-3-12)30(33)34/h2-5,10-11,13,16-17,20,31-32H,6-9H2,1H3,(H,27,28)/t11-,13?,16-,17-,20-/m1/s1. The van der Waals surface area contributed by atoms with E-state index in [0.29, 0.717) is 5.56 Å². The lowest BCUT2D eigenvalue weighted by molar-refractivity contribution is -0.384. The second-order valence-electron chi connectivity index (χ2n) is 9.02. The van der Waals surface area contributed by atoms with Gasteiger partial charge in [0, 0.05) is 31.0 Å². The second-order valence-corrected chi connectivity index (χ2v) is 9.02. The number of anilines is 1. The van der Waals surface area contributed by atoms with Crippen molar-refractivity contribution >= 4 is 22.8 Å². The number of fused-ring (bicyclic) bond motifs is 1. The first kappa shape index (κ1) is 24.2. The molecule has 5 atom stereocenters. The summed E-state index contributed by atoms with van der Waals surface area (Å²) in [5, 5.41) is 34.7. The number of hydrogen-bond donors (Lipinski definition) is 3. The van der Waals surface area contributed by atoms with Crippen LogP contribution in [0.15, 0.2) is 30.6 Å². The third kappa shape index (κ3) is 4.54. The van der Waals surface area contributed by atoms with Crippen molar-refractivity contribution < 1.29 is 33.4 Å². The Labute approximate surface area is 203 Å². The van der Waals surface area contributed by atoms with Crippen molar-refractivity contribution in [2.24, 2.45) is 0 Å². The summed E-state index contributed by atoms with van der Waals surface area (Å²) < 4.78 is 40.6. The van der Waals surface area contributed by atoms with Crippen LogP contribution in [0.2, 0.25) is 0 Å². The summed E-state index contributed by atoms with van der Waals surface area (Å²) in [6.45, 7) is 1.62. The Morgan fingerprint density at radius 3 is 2.64 bits per heavy atom. The van der Waals surface area contributed by atoms with Crippen molar-refractivity contribution in [2.45, 2.75) is 69.3 Å². The number of imidazole rings is 1. The number of nitrogens with one attached hydrogen (secondary N) is 1. The van der Waals surface area contributed by atoms with Crippen LogP contribution in [-0.4, -0.2) is 64.9 Å². The molecule has 1 saturated carbocycles. The molecule has 36 heavy (non-hydrogen) atoms. The Balaban J connectivity index is 1.48. The van der Waals surface area contributed by atoms with Gasteiger partial charge >= 0.3 is 0 Å². The molecule has 3 heterocycles. The van der Waals surface area contributed by atoms with Crippen LogP contribution >= 0.6 is 0 Å².